The third-order valence-electron chi connectivity index (χ3n) is 4.69. The highest BCUT2D eigenvalue weighted by Crippen LogP contribution is 2.20. The summed E-state index contributed by atoms with van der Waals surface area (Å²) < 4.78 is 1.84. The summed E-state index contributed by atoms with van der Waals surface area (Å²) >= 11 is 6.85. The number of aromatic nitrogens is 2. The van der Waals surface area contributed by atoms with Crippen molar-refractivity contribution < 1.29 is 0 Å². The lowest BCUT2D eigenvalue weighted by atomic mass is 10.0. The number of hydrogen-bond donors (Lipinski definition) is 1. The van der Waals surface area contributed by atoms with Crippen LogP contribution in [0.15, 0.2) is 9.21 Å². The fraction of sp³-hybridized carbons (Fsp3) is 0.850. The van der Waals surface area contributed by atoms with Crippen molar-refractivity contribution in [2.75, 3.05) is 0 Å². The van der Waals surface area contributed by atoms with Gasteiger partial charge in [-0.25, -0.2) is 4.98 Å². The summed E-state index contributed by atoms with van der Waals surface area (Å²) in [5.41, 5.74) is 0. The summed E-state index contributed by atoms with van der Waals surface area (Å²) in [5.74, 6) is 1.09. The molecule has 1 N–H and O–H groups in total. The summed E-state index contributed by atoms with van der Waals surface area (Å²) in [6.07, 6.45) is 22.2. The molecule has 0 bridgehead atoms. The Morgan fingerprint density at radius 3 is 1.46 bits per heavy atom. The predicted octanol–water partition coefficient (Wildman–Crippen LogP) is 8.35. The Morgan fingerprint density at radius 2 is 1.08 bits per heavy atom. The molecule has 0 amide bonds. The van der Waals surface area contributed by atoms with Gasteiger partial charge >= 0.3 is 0 Å². The van der Waals surface area contributed by atoms with Crippen molar-refractivity contribution in [3.63, 3.8) is 0 Å². The van der Waals surface area contributed by atoms with Crippen LogP contribution in [0.2, 0.25) is 0 Å². The van der Waals surface area contributed by atoms with Crippen LogP contribution in [0.25, 0.3) is 0 Å². The van der Waals surface area contributed by atoms with E-state index < -0.39 is 0 Å². The number of aryl methyl sites for hydroxylation is 1. The molecule has 0 spiro atoms. The maximum absolute atomic E-state index is 4.43. The summed E-state index contributed by atoms with van der Waals surface area (Å²) in [6.45, 7) is 2.29. The zero-order chi connectivity index (χ0) is 17.5. The van der Waals surface area contributed by atoms with Gasteiger partial charge < -0.3 is 4.98 Å². The summed E-state index contributed by atoms with van der Waals surface area (Å²) in [4.78, 5) is 7.68. The van der Waals surface area contributed by atoms with E-state index in [0.717, 1.165) is 21.5 Å². The molecule has 0 saturated carbocycles. The summed E-state index contributed by atoms with van der Waals surface area (Å²) in [6, 6.07) is 0. The Kier molecular flexibility index (Phi) is 14.3. The van der Waals surface area contributed by atoms with E-state index in [1.54, 1.807) is 0 Å². The van der Waals surface area contributed by atoms with Gasteiger partial charge in [0.05, 0.1) is 0 Å². The van der Waals surface area contributed by atoms with Crippen LogP contribution in [0.5, 0.6) is 0 Å². The van der Waals surface area contributed by atoms with Crippen LogP contribution in [-0.2, 0) is 6.42 Å². The Labute approximate surface area is 166 Å². The minimum absolute atomic E-state index is 0.887. The maximum atomic E-state index is 4.43. The topological polar surface area (TPSA) is 28.7 Å². The largest absolute Gasteiger partial charge is 0.336 e. The monoisotopic (exact) mass is 462 g/mol. The molecule has 0 fully saturated rings. The standard InChI is InChI=1S/C20H36Br2N2/c1-2-3-4-5-6-7-8-9-10-11-12-13-14-15-16-17-18-23-19(21)20(22)24-18/h2-17H2,1H3,(H,23,24). The lowest BCUT2D eigenvalue weighted by molar-refractivity contribution is 0.531. The second kappa shape index (κ2) is 15.4. The van der Waals surface area contributed by atoms with E-state index in [2.05, 4.69) is 48.8 Å². The molecule has 1 aromatic rings. The minimum atomic E-state index is 0.887. The third-order valence-corrected chi connectivity index (χ3v) is 6.37. The molecule has 0 aliphatic heterocycles. The molecule has 0 aromatic carbocycles. The van der Waals surface area contributed by atoms with Crippen LogP contribution >= 0.6 is 31.9 Å². The fourth-order valence-electron chi connectivity index (χ4n) is 3.16. The summed E-state index contributed by atoms with van der Waals surface area (Å²) in [5, 5.41) is 0. The average molecular weight is 464 g/mol. The number of aromatic amines is 1. The number of rotatable bonds is 16. The first-order valence-electron chi connectivity index (χ1n) is 10.1. The van der Waals surface area contributed by atoms with Gasteiger partial charge in [-0.15, -0.1) is 0 Å². The van der Waals surface area contributed by atoms with Gasteiger partial charge in [0.25, 0.3) is 0 Å². The van der Waals surface area contributed by atoms with E-state index in [4.69, 9.17) is 0 Å². The minimum Gasteiger partial charge on any atom is -0.336 e. The number of unbranched alkanes of at least 4 members (excludes halogenated alkanes) is 14. The normalized spacial score (nSPS) is 11.3. The second-order valence-electron chi connectivity index (χ2n) is 6.99. The van der Waals surface area contributed by atoms with E-state index in [-0.39, 0.29) is 0 Å². The molecule has 140 valence electrons. The lowest BCUT2D eigenvalue weighted by Crippen LogP contribution is -1.89. The Balaban J connectivity index is 1.76. The van der Waals surface area contributed by atoms with Gasteiger partial charge in [-0.05, 0) is 38.3 Å². The van der Waals surface area contributed by atoms with Gasteiger partial charge in [0.1, 0.15) is 15.0 Å². The molecule has 0 atom stereocenters. The molecule has 0 radical (unpaired) electrons. The molecule has 24 heavy (non-hydrogen) atoms. The number of nitrogens with one attached hydrogen (secondary N) is 1. The Morgan fingerprint density at radius 1 is 0.667 bits per heavy atom. The van der Waals surface area contributed by atoms with Gasteiger partial charge in [0, 0.05) is 6.42 Å². The Hall–Kier alpha value is 0.170. The van der Waals surface area contributed by atoms with Crippen LogP contribution < -0.4 is 0 Å². The predicted molar refractivity (Wildman–Crippen MR) is 113 cm³/mol. The zero-order valence-electron chi connectivity index (χ0n) is 15.5. The molecular formula is C20H36Br2N2. The molecule has 1 rings (SSSR count). The number of halogens is 2. The maximum Gasteiger partial charge on any atom is 0.138 e. The van der Waals surface area contributed by atoms with E-state index >= 15 is 0 Å². The summed E-state index contributed by atoms with van der Waals surface area (Å²) in [7, 11) is 0. The van der Waals surface area contributed by atoms with Gasteiger partial charge in [0.15, 0.2) is 0 Å². The molecule has 0 unspecified atom stereocenters. The first-order chi connectivity index (χ1) is 11.7. The van der Waals surface area contributed by atoms with Crippen molar-refractivity contribution in [3.8, 4) is 0 Å². The van der Waals surface area contributed by atoms with Crippen LogP contribution in [-0.4, -0.2) is 9.97 Å². The van der Waals surface area contributed by atoms with E-state index in [0.29, 0.717) is 0 Å². The van der Waals surface area contributed by atoms with Gasteiger partial charge in [-0.1, -0.05) is 96.8 Å². The van der Waals surface area contributed by atoms with Gasteiger partial charge in [-0.3, -0.25) is 0 Å². The van der Waals surface area contributed by atoms with E-state index in [1.165, 1.54) is 96.3 Å². The Bertz CT molecular complexity index is 385. The van der Waals surface area contributed by atoms with Crippen molar-refractivity contribution in [1.29, 1.82) is 0 Å². The first kappa shape index (κ1) is 22.2. The number of hydrogen-bond acceptors (Lipinski definition) is 1. The molecule has 0 aliphatic rings. The molecule has 2 nitrogen and oxygen atoms in total. The highest BCUT2D eigenvalue weighted by molar-refractivity contribution is 9.13. The number of imidazole rings is 1. The zero-order valence-corrected chi connectivity index (χ0v) is 18.7. The lowest BCUT2D eigenvalue weighted by Gasteiger charge is -2.03. The van der Waals surface area contributed by atoms with Gasteiger partial charge in [0.2, 0.25) is 0 Å². The van der Waals surface area contributed by atoms with Crippen LogP contribution in [0.3, 0.4) is 0 Å². The highest BCUT2D eigenvalue weighted by atomic mass is 79.9. The fourth-order valence-corrected chi connectivity index (χ4v) is 3.79. The van der Waals surface area contributed by atoms with Crippen molar-refractivity contribution in [1.82, 2.24) is 9.97 Å². The third kappa shape index (κ3) is 11.7. The smallest absolute Gasteiger partial charge is 0.138 e. The number of nitrogens with zero attached hydrogens (tertiary/aromatic N) is 1. The van der Waals surface area contributed by atoms with Crippen LogP contribution in [0.1, 0.15) is 109 Å². The SMILES string of the molecule is CCCCCCCCCCCCCCCCCc1nc(Br)c(Br)[nH]1. The van der Waals surface area contributed by atoms with E-state index in [9.17, 15) is 0 Å². The molecular weight excluding hydrogens is 428 g/mol. The van der Waals surface area contributed by atoms with Crippen molar-refractivity contribution >= 4 is 31.9 Å². The van der Waals surface area contributed by atoms with Crippen LogP contribution in [0, 0.1) is 0 Å². The highest BCUT2D eigenvalue weighted by Gasteiger charge is 2.04. The van der Waals surface area contributed by atoms with Crippen LogP contribution in [0.4, 0.5) is 0 Å². The quantitative estimate of drug-likeness (QED) is 0.245. The van der Waals surface area contributed by atoms with Gasteiger partial charge in [-0.2, -0.15) is 0 Å². The average Bonchev–Trinajstić information content (AvgIpc) is 2.89. The number of H-pyrrole nitrogens is 1. The van der Waals surface area contributed by atoms with E-state index in [1.807, 2.05) is 0 Å². The molecule has 1 heterocycles. The van der Waals surface area contributed by atoms with Crippen molar-refractivity contribution in [2.24, 2.45) is 0 Å². The van der Waals surface area contributed by atoms with Crippen molar-refractivity contribution in [3.05, 3.63) is 15.0 Å². The molecule has 4 heteroatoms. The molecule has 0 aliphatic carbocycles. The first-order valence-corrected chi connectivity index (χ1v) is 11.7. The molecule has 0 saturated heterocycles. The second-order valence-corrected chi connectivity index (χ2v) is 8.53. The molecule has 1 aromatic heterocycles. The van der Waals surface area contributed by atoms with Crippen molar-refractivity contribution in [2.45, 2.75) is 110 Å².